The second-order valence-corrected chi connectivity index (χ2v) is 5.21. The molecule has 5 nitrogen and oxygen atoms in total. The smallest absolute Gasteiger partial charge is 0.273 e. The lowest BCUT2D eigenvalue weighted by Gasteiger charge is -2.10. The zero-order valence-corrected chi connectivity index (χ0v) is 11.4. The van der Waals surface area contributed by atoms with Gasteiger partial charge in [-0.2, -0.15) is 0 Å². The molecule has 1 aliphatic carbocycles. The first kappa shape index (κ1) is 13.6. The van der Waals surface area contributed by atoms with Gasteiger partial charge >= 0.3 is 0 Å². The quantitative estimate of drug-likeness (QED) is 0.692. The summed E-state index contributed by atoms with van der Waals surface area (Å²) in [4.78, 5) is 10.4. The van der Waals surface area contributed by atoms with Crippen molar-refractivity contribution in [3.05, 3.63) is 63.7 Å². The van der Waals surface area contributed by atoms with E-state index in [-0.39, 0.29) is 18.2 Å². The average Bonchev–Trinajstić information content (AvgIpc) is 2.92. The molecule has 0 saturated carbocycles. The Hall–Kier alpha value is -2.40. The number of rotatable bonds is 4. The van der Waals surface area contributed by atoms with Crippen molar-refractivity contribution in [2.24, 2.45) is 5.92 Å². The van der Waals surface area contributed by atoms with Crippen LogP contribution in [0.1, 0.15) is 11.1 Å². The maximum Gasteiger partial charge on any atom is 0.273 e. The molecule has 0 fully saturated rings. The number of nitro groups is 1. The normalized spacial score (nSPS) is 16.5. The summed E-state index contributed by atoms with van der Waals surface area (Å²) in [7, 11) is 0. The molecule has 0 radical (unpaired) electrons. The van der Waals surface area contributed by atoms with Crippen molar-refractivity contribution in [1.82, 2.24) is 0 Å². The van der Waals surface area contributed by atoms with Gasteiger partial charge in [0.25, 0.3) is 5.69 Å². The van der Waals surface area contributed by atoms with Gasteiger partial charge in [-0.25, -0.2) is 0 Å². The van der Waals surface area contributed by atoms with Crippen molar-refractivity contribution < 1.29 is 14.8 Å². The highest BCUT2D eigenvalue weighted by atomic mass is 16.6. The van der Waals surface area contributed by atoms with Crippen molar-refractivity contribution in [3.8, 4) is 11.5 Å². The maximum absolute atomic E-state index is 10.8. The van der Waals surface area contributed by atoms with Crippen LogP contribution in [0.4, 0.5) is 5.69 Å². The largest absolute Gasteiger partial charge is 0.457 e. The topological polar surface area (TPSA) is 72.6 Å². The molecule has 0 aliphatic heterocycles. The summed E-state index contributed by atoms with van der Waals surface area (Å²) in [6, 6.07) is 12.0. The number of benzene rings is 2. The van der Waals surface area contributed by atoms with Crippen LogP contribution in [-0.2, 0) is 12.8 Å². The molecule has 0 aromatic heterocycles. The molecule has 21 heavy (non-hydrogen) atoms. The fourth-order valence-electron chi connectivity index (χ4n) is 2.72. The van der Waals surface area contributed by atoms with E-state index < -0.39 is 4.92 Å². The van der Waals surface area contributed by atoms with Gasteiger partial charge in [-0.3, -0.25) is 10.1 Å². The molecule has 5 heteroatoms. The van der Waals surface area contributed by atoms with Gasteiger partial charge in [0.2, 0.25) is 0 Å². The Kier molecular flexibility index (Phi) is 3.58. The first-order valence-electron chi connectivity index (χ1n) is 6.81. The van der Waals surface area contributed by atoms with E-state index in [1.165, 1.54) is 17.7 Å². The number of hydrogen-bond donors (Lipinski definition) is 1. The minimum Gasteiger partial charge on any atom is -0.457 e. The van der Waals surface area contributed by atoms with Crippen LogP contribution in [0.25, 0.3) is 0 Å². The number of non-ortho nitro benzene ring substituents is 1. The summed E-state index contributed by atoms with van der Waals surface area (Å²) >= 11 is 0. The number of nitrogens with zero attached hydrogens (tertiary/aromatic N) is 1. The highest BCUT2D eigenvalue weighted by Gasteiger charge is 2.24. The molecular formula is C16H15NO4. The van der Waals surface area contributed by atoms with Crippen molar-refractivity contribution in [2.45, 2.75) is 12.8 Å². The zero-order valence-electron chi connectivity index (χ0n) is 11.4. The number of nitro benzene ring substituents is 1. The van der Waals surface area contributed by atoms with Gasteiger partial charge < -0.3 is 9.84 Å². The Balaban J connectivity index is 1.88. The van der Waals surface area contributed by atoms with Crippen molar-refractivity contribution in [1.29, 1.82) is 0 Å². The second kappa shape index (κ2) is 5.54. The van der Waals surface area contributed by atoms with Crippen LogP contribution in [0.15, 0.2) is 42.5 Å². The van der Waals surface area contributed by atoms with Gasteiger partial charge in [0, 0.05) is 12.7 Å². The summed E-state index contributed by atoms with van der Waals surface area (Å²) in [5.41, 5.74) is 2.27. The number of fused-ring (bicyclic) bond motifs is 1. The Labute approximate surface area is 122 Å². The molecule has 108 valence electrons. The SMILES string of the molecule is O=[N+]([O-])c1cccc(Oc2cccc3c2CC(CO)C3)c1. The highest BCUT2D eigenvalue weighted by molar-refractivity contribution is 5.47. The average molecular weight is 285 g/mol. The van der Waals surface area contributed by atoms with Gasteiger partial charge in [0.05, 0.1) is 11.0 Å². The van der Waals surface area contributed by atoms with Crippen LogP contribution in [0, 0.1) is 16.0 Å². The third-order valence-corrected chi connectivity index (χ3v) is 3.75. The molecule has 3 rings (SSSR count). The lowest BCUT2D eigenvalue weighted by atomic mass is 10.1. The van der Waals surface area contributed by atoms with E-state index in [9.17, 15) is 15.2 Å². The molecule has 0 bridgehead atoms. The molecule has 1 atom stereocenters. The lowest BCUT2D eigenvalue weighted by Crippen LogP contribution is -2.04. The number of hydrogen-bond acceptors (Lipinski definition) is 4. The predicted molar refractivity (Wildman–Crippen MR) is 77.6 cm³/mol. The minimum atomic E-state index is -0.440. The van der Waals surface area contributed by atoms with E-state index in [4.69, 9.17) is 4.74 Å². The Morgan fingerprint density at radius 2 is 2.05 bits per heavy atom. The van der Waals surface area contributed by atoms with Crippen LogP contribution in [0.2, 0.25) is 0 Å². The molecule has 0 spiro atoms. The van der Waals surface area contributed by atoms with E-state index in [0.29, 0.717) is 11.5 Å². The Bertz CT molecular complexity index is 684. The molecule has 2 aromatic rings. The van der Waals surface area contributed by atoms with Crippen LogP contribution >= 0.6 is 0 Å². The van der Waals surface area contributed by atoms with Crippen LogP contribution in [0.3, 0.4) is 0 Å². The highest BCUT2D eigenvalue weighted by Crippen LogP contribution is 2.36. The molecular weight excluding hydrogens is 270 g/mol. The molecule has 2 aromatic carbocycles. The number of aliphatic hydroxyl groups excluding tert-OH is 1. The van der Waals surface area contributed by atoms with Gasteiger partial charge in [-0.15, -0.1) is 0 Å². The minimum absolute atomic E-state index is 0.00770. The fourth-order valence-corrected chi connectivity index (χ4v) is 2.72. The Morgan fingerprint density at radius 1 is 1.24 bits per heavy atom. The fraction of sp³-hybridized carbons (Fsp3) is 0.250. The summed E-state index contributed by atoms with van der Waals surface area (Å²) < 4.78 is 5.82. The lowest BCUT2D eigenvalue weighted by molar-refractivity contribution is -0.384. The van der Waals surface area contributed by atoms with E-state index >= 15 is 0 Å². The van der Waals surface area contributed by atoms with Gasteiger partial charge in [0.15, 0.2) is 0 Å². The van der Waals surface area contributed by atoms with Crippen LogP contribution < -0.4 is 4.74 Å². The summed E-state index contributed by atoms with van der Waals surface area (Å²) in [5, 5.41) is 20.1. The first-order chi connectivity index (χ1) is 10.2. The summed E-state index contributed by atoms with van der Waals surface area (Å²) in [6.07, 6.45) is 1.62. The van der Waals surface area contributed by atoms with Gasteiger partial charge in [0.1, 0.15) is 11.5 Å². The number of ether oxygens (including phenoxy) is 1. The van der Waals surface area contributed by atoms with Crippen LogP contribution in [0.5, 0.6) is 11.5 Å². The third kappa shape index (κ3) is 2.73. The second-order valence-electron chi connectivity index (χ2n) is 5.21. The summed E-state index contributed by atoms with van der Waals surface area (Å²) in [6.45, 7) is 0.158. The van der Waals surface area contributed by atoms with Gasteiger partial charge in [-0.1, -0.05) is 18.2 Å². The predicted octanol–water partition coefficient (Wildman–Crippen LogP) is 3.09. The van der Waals surface area contributed by atoms with E-state index in [1.54, 1.807) is 12.1 Å². The molecule has 1 N–H and O–H groups in total. The number of aliphatic hydroxyl groups is 1. The van der Waals surface area contributed by atoms with E-state index in [2.05, 4.69) is 0 Å². The van der Waals surface area contributed by atoms with Crippen molar-refractivity contribution in [3.63, 3.8) is 0 Å². The zero-order chi connectivity index (χ0) is 14.8. The van der Waals surface area contributed by atoms with Crippen LogP contribution in [-0.4, -0.2) is 16.6 Å². The van der Waals surface area contributed by atoms with E-state index in [1.807, 2.05) is 18.2 Å². The van der Waals surface area contributed by atoms with E-state index in [0.717, 1.165) is 18.4 Å². The molecule has 1 aliphatic rings. The van der Waals surface area contributed by atoms with Crippen molar-refractivity contribution >= 4 is 5.69 Å². The van der Waals surface area contributed by atoms with Gasteiger partial charge in [-0.05, 0) is 42.0 Å². The molecule has 0 amide bonds. The molecule has 0 saturated heterocycles. The first-order valence-corrected chi connectivity index (χ1v) is 6.81. The molecule has 1 unspecified atom stereocenters. The maximum atomic E-state index is 10.8. The summed E-state index contributed by atoms with van der Waals surface area (Å²) in [5.74, 6) is 1.39. The Morgan fingerprint density at radius 3 is 2.81 bits per heavy atom. The standard InChI is InChI=1S/C16H15NO4/c18-10-11-7-12-3-1-6-16(15(12)8-11)21-14-5-2-4-13(9-14)17(19)20/h1-6,9,11,18H,7-8,10H2. The monoisotopic (exact) mass is 285 g/mol. The third-order valence-electron chi connectivity index (χ3n) is 3.75. The van der Waals surface area contributed by atoms with Crippen molar-refractivity contribution in [2.75, 3.05) is 6.61 Å². The molecule has 0 heterocycles.